The Morgan fingerprint density at radius 1 is 1.33 bits per heavy atom. The lowest BCUT2D eigenvalue weighted by Gasteiger charge is -2.16. The Labute approximate surface area is 119 Å². The molecule has 1 aromatic rings. The Kier molecular flexibility index (Phi) is 4.91. The van der Waals surface area contributed by atoms with Crippen molar-refractivity contribution >= 4 is 23.2 Å². The van der Waals surface area contributed by atoms with Crippen molar-refractivity contribution in [1.29, 1.82) is 0 Å². The highest BCUT2D eigenvalue weighted by Gasteiger charge is 2.41. The van der Waals surface area contributed by atoms with E-state index < -0.39 is 0 Å². The van der Waals surface area contributed by atoms with Gasteiger partial charge in [0.05, 0.1) is 0 Å². The van der Waals surface area contributed by atoms with Gasteiger partial charge in [-0.15, -0.1) is 0 Å². The van der Waals surface area contributed by atoms with E-state index >= 15 is 0 Å². The molecule has 1 aliphatic carbocycles. The number of hydrogen-bond acceptors (Lipinski definition) is 2. The van der Waals surface area contributed by atoms with Crippen molar-refractivity contribution in [2.24, 2.45) is 5.41 Å². The lowest BCUT2D eigenvalue weighted by Crippen LogP contribution is -2.24. The molecule has 0 unspecified atom stereocenters. The predicted octanol–water partition coefficient (Wildman–Crippen LogP) is 3.90. The molecule has 1 N–H and O–H groups in total. The van der Waals surface area contributed by atoms with Crippen LogP contribution in [0.3, 0.4) is 0 Å². The van der Waals surface area contributed by atoms with Gasteiger partial charge in [0.2, 0.25) is 0 Å². The van der Waals surface area contributed by atoms with Gasteiger partial charge in [-0.1, -0.05) is 23.2 Å². The summed E-state index contributed by atoms with van der Waals surface area (Å²) in [7, 11) is 1.76. The van der Waals surface area contributed by atoms with Gasteiger partial charge in [0.25, 0.3) is 0 Å². The van der Waals surface area contributed by atoms with Crippen molar-refractivity contribution in [3.63, 3.8) is 0 Å². The number of ether oxygens (including phenoxy) is 1. The van der Waals surface area contributed by atoms with Crippen LogP contribution in [0.4, 0.5) is 0 Å². The van der Waals surface area contributed by atoms with E-state index in [9.17, 15) is 0 Å². The summed E-state index contributed by atoms with van der Waals surface area (Å²) in [5.41, 5.74) is 1.52. The number of hydrogen-bond donors (Lipinski definition) is 1. The molecule has 0 spiro atoms. The first-order chi connectivity index (χ1) is 8.65. The van der Waals surface area contributed by atoms with Crippen LogP contribution in [0.15, 0.2) is 18.2 Å². The smallest absolute Gasteiger partial charge is 0.0468 e. The number of benzene rings is 1. The minimum Gasteiger partial charge on any atom is -0.385 e. The molecule has 1 fully saturated rings. The van der Waals surface area contributed by atoms with Crippen LogP contribution in [0.1, 0.15) is 24.8 Å². The van der Waals surface area contributed by atoms with Gasteiger partial charge < -0.3 is 10.1 Å². The third-order valence-electron chi connectivity index (χ3n) is 3.62. The molecule has 1 saturated carbocycles. The Morgan fingerprint density at radius 3 is 2.78 bits per heavy atom. The molecule has 0 bridgehead atoms. The largest absolute Gasteiger partial charge is 0.385 e. The van der Waals surface area contributed by atoms with Crippen LogP contribution in [-0.2, 0) is 11.3 Å². The average Bonchev–Trinajstić information content (AvgIpc) is 3.12. The average molecular weight is 288 g/mol. The Balaban J connectivity index is 1.80. The molecule has 0 amide bonds. The van der Waals surface area contributed by atoms with E-state index in [1.54, 1.807) is 7.11 Å². The summed E-state index contributed by atoms with van der Waals surface area (Å²) >= 11 is 12.1. The van der Waals surface area contributed by atoms with Crippen molar-refractivity contribution in [2.75, 3.05) is 20.3 Å². The van der Waals surface area contributed by atoms with Gasteiger partial charge >= 0.3 is 0 Å². The number of nitrogens with one attached hydrogen (secondary N) is 1. The first-order valence-corrected chi connectivity index (χ1v) is 7.04. The van der Waals surface area contributed by atoms with Crippen LogP contribution in [0.25, 0.3) is 0 Å². The fourth-order valence-corrected chi connectivity index (χ4v) is 2.53. The third-order valence-corrected chi connectivity index (χ3v) is 4.22. The van der Waals surface area contributed by atoms with Crippen molar-refractivity contribution in [2.45, 2.75) is 25.8 Å². The summed E-state index contributed by atoms with van der Waals surface area (Å²) in [4.78, 5) is 0. The molecule has 100 valence electrons. The molecule has 0 heterocycles. The van der Waals surface area contributed by atoms with Crippen molar-refractivity contribution in [3.8, 4) is 0 Å². The quantitative estimate of drug-likeness (QED) is 0.821. The molecular weight excluding hydrogens is 269 g/mol. The molecule has 1 aromatic carbocycles. The van der Waals surface area contributed by atoms with Gasteiger partial charge in [0, 0.05) is 36.9 Å². The lowest BCUT2D eigenvalue weighted by molar-refractivity contribution is 0.171. The Hall–Kier alpha value is -0.280. The minimum absolute atomic E-state index is 0.459. The SMILES string of the molecule is COCCC1(CNCc2cc(Cl)ccc2Cl)CC1. The summed E-state index contributed by atoms with van der Waals surface area (Å²) < 4.78 is 5.15. The van der Waals surface area contributed by atoms with Gasteiger partial charge in [-0.2, -0.15) is 0 Å². The van der Waals surface area contributed by atoms with E-state index in [2.05, 4.69) is 5.32 Å². The van der Waals surface area contributed by atoms with Crippen molar-refractivity contribution < 1.29 is 4.74 Å². The van der Waals surface area contributed by atoms with Gasteiger partial charge in [-0.3, -0.25) is 0 Å². The summed E-state index contributed by atoms with van der Waals surface area (Å²) in [6.45, 7) is 2.65. The highest BCUT2D eigenvalue weighted by atomic mass is 35.5. The number of halogens is 2. The minimum atomic E-state index is 0.459. The molecular formula is C14H19Cl2NO. The van der Waals surface area contributed by atoms with E-state index in [1.165, 1.54) is 12.8 Å². The molecule has 18 heavy (non-hydrogen) atoms. The zero-order chi connectivity index (χ0) is 13.0. The highest BCUT2D eigenvalue weighted by Crippen LogP contribution is 2.48. The summed E-state index contributed by atoms with van der Waals surface area (Å²) in [5, 5.41) is 4.99. The van der Waals surface area contributed by atoms with E-state index in [-0.39, 0.29) is 0 Å². The highest BCUT2D eigenvalue weighted by molar-refractivity contribution is 6.33. The maximum Gasteiger partial charge on any atom is 0.0468 e. The Morgan fingerprint density at radius 2 is 2.11 bits per heavy atom. The molecule has 0 radical (unpaired) electrons. The van der Waals surface area contributed by atoms with Gasteiger partial charge in [0.15, 0.2) is 0 Å². The second kappa shape index (κ2) is 6.25. The zero-order valence-corrected chi connectivity index (χ0v) is 12.2. The van der Waals surface area contributed by atoms with Crippen molar-refractivity contribution in [3.05, 3.63) is 33.8 Å². The summed E-state index contributed by atoms with van der Waals surface area (Å²) in [6, 6.07) is 5.58. The summed E-state index contributed by atoms with van der Waals surface area (Å²) in [6.07, 6.45) is 3.74. The third kappa shape index (κ3) is 3.86. The van der Waals surface area contributed by atoms with Gasteiger partial charge in [-0.05, 0) is 48.4 Å². The van der Waals surface area contributed by atoms with Gasteiger partial charge in [-0.25, -0.2) is 0 Å². The molecule has 2 rings (SSSR count). The molecule has 0 aromatic heterocycles. The van der Waals surface area contributed by atoms with Crippen molar-refractivity contribution in [1.82, 2.24) is 5.32 Å². The lowest BCUT2D eigenvalue weighted by atomic mass is 10.0. The first-order valence-electron chi connectivity index (χ1n) is 6.29. The second-order valence-electron chi connectivity index (χ2n) is 5.08. The standard InChI is InChI=1S/C14H19Cl2NO/c1-18-7-6-14(4-5-14)10-17-9-11-8-12(15)2-3-13(11)16/h2-3,8,17H,4-7,9-10H2,1H3. The topological polar surface area (TPSA) is 21.3 Å². The number of rotatable bonds is 7. The normalized spacial score (nSPS) is 16.8. The molecule has 2 nitrogen and oxygen atoms in total. The molecule has 0 atom stereocenters. The zero-order valence-electron chi connectivity index (χ0n) is 10.6. The van der Waals surface area contributed by atoms with Gasteiger partial charge in [0.1, 0.15) is 0 Å². The molecule has 0 aliphatic heterocycles. The van der Waals surface area contributed by atoms with Crippen LogP contribution in [0.5, 0.6) is 0 Å². The molecule has 4 heteroatoms. The van der Waals surface area contributed by atoms with E-state index in [0.717, 1.165) is 41.7 Å². The predicted molar refractivity (Wildman–Crippen MR) is 76.3 cm³/mol. The van der Waals surface area contributed by atoms with E-state index in [1.807, 2.05) is 18.2 Å². The van der Waals surface area contributed by atoms with Crippen LogP contribution in [0, 0.1) is 5.41 Å². The summed E-state index contributed by atoms with van der Waals surface area (Å²) in [5.74, 6) is 0. The van der Waals surface area contributed by atoms with E-state index in [0.29, 0.717) is 5.41 Å². The first kappa shape index (κ1) is 14.1. The van der Waals surface area contributed by atoms with Crippen LogP contribution >= 0.6 is 23.2 Å². The number of methoxy groups -OCH3 is 1. The maximum absolute atomic E-state index is 6.13. The van der Waals surface area contributed by atoms with E-state index in [4.69, 9.17) is 27.9 Å². The monoisotopic (exact) mass is 287 g/mol. The Bertz CT molecular complexity index is 405. The maximum atomic E-state index is 6.13. The van der Waals surface area contributed by atoms with Crippen LogP contribution in [-0.4, -0.2) is 20.3 Å². The second-order valence-corrected chi connectivity index (χ2v) is 5.93. The fraction of sp³-hybridized carbons (Fsp3) is 0.571. The van der Waals surface area contributed by atoms with Crippen LogP contribution in [0.2, 0.25) is 10.0 Å². The van der Waals surface area contributed by atoms with Crippen LogP contribution < -0.4 is 5.32 Å². The molecule has 0 saturated heterocycles. The molecule has 1 aliphatic rings. The fourth-order valence-electron chi connectivity index (χ4n) is 2.15.